The van der Waals surface area contributed by atoms with E-state index in [2.05, 4.69) is 19.7 Å². The van der Waals surface area contributed by atoms with Crippen LogP contribution in [0.15, 0.2) is 12.3 Å². The van der Waals surface area contributed by atoms with Crippen LogP contribution < -0.4 is 0 Å². The van der Waals surface area contributed by atoms with Crippen molar-refractivity contribution in [2.24, 2.45) is 5.92 Å². The van der Waals surface area contributed by atoms with E-state index in [9.17, 15) is 0 Å². The first-order valence-electron chi connectivity index (χ1n) is 6.33. The van der Waals surface area contributed by atoms with Crippen molar-refractivity contribution in [2.75, 3.05) is 13.1 Å². The number of carboxylic acid groups (broad SMARTS) is 2. The summed E-state index contributed by atoms with van der Waals surface area (Å²) < 4.78 is 8.31. The monoisotopic (exact) mass is 331 g/mol. The van der Waals surface area contributed by atoms with Crippen LogP contribution in [0.1, 0.15) is 18.5 Å². The number of carbonyl (C=O) groups is 2. The van der Waals surface area contributed by atoms with E-state index in [0.29, 0.717) is 5.92 Å². The minimum atomic E-state index is -1.82. The Hall–Kier alpha value is -1.51. The zero-order chi connectivity index (χ0) is 15.4. The first kappa shape index (κ1) is 15.9. The van der Waals surface area contributed by atoms with Crippen LogP contribution >= 0.6 is 23.3 Å². The van der Waals surface area contributed by atoms with Crippen LogP contribution in [0.5, 0.6) is 0 Å². The number of nitrogens with zero attached hydrogens (tertiary/aromatic N) is 3. The molecule has 0 saturated carbocycles. The lowest BCUT2D eigenvalue weighted by Gasteiger charge is -2.39. The molecule has 3 rings (SSSR count). The molecule has 3 heterocycles. The molecule has 0 spiro atoms. The third-order valence-electron chi connectivity index (χ3n) is 3.32. The highest BCUT2D eigenvalue weighted by Crippen LogP contribution is 2.35. The Labute approximate surface area is 130 Å². The second-order valence-electron chi connectivity index (χ2n) is 4.76. The number of carboxylic acids is 2. The highest BCUT2D eigenvalue weighted by molar-refractivity contribution is 6.99. The van der Waals surface area contributed by atoms with Gasteiger partial charge in [0, 0.05) is 12.1 Å². The van der Waals surface area contributed by atoms with Crippen LogP contribution in [0, 0.1) is 5.92 Å². The van der Waals surface area contributed by atoms with E-state index in [1.165, 1.54) is 24.6 Å². The maximum Gasteiger partial charge on any atom is 0.414 e. The van der Waals surface area contributed by atoms with Crippen molar-refractivity contribution in [3.63, 3.8) is 0 Å². The van der Waals surface area contributed by atoms with Gasteiger partial charge in [-0.15, -0.1) is 11.6 Å². The predicted octanol–water partition coefficient (Wildman–Crippen LogP) is 1.37. The molecule has 0 amide bonds. The highest BCUT2D eigenvalue weighted by Gasteiger charge is 2.32. The van der Waals surface area contributed by atoms with Gasteiger partial charge in [-0.1, -0.05) is 6.08 Å². The van der Waals surface area contributed by atoms with E-state index < -0.39 is 11.9 Å². The molecule has 2 N–H and O–H groups in total. The van der Waals surface area contributed by atoms with Gasteiger partial charge in [-0.25, -0.2) is 9.59 Å². The lowest BCUT2D eigenvalue weighted by Crippen LogP contribution is -2.43. The fourth-order valence-corrected chi connectivity index (χ4v) is 3.21. The summed E-state index contributed by atoms with van der Waals surface area (Å²) in [4.78, 5) is 20.5. The number of piperidine rings is 1. The first-order valence-corrected chi connectivity index (χ1v) is 7.49. The number of hydrogen-bond acceptors (Lipinski definition) is 6. The molecule has 0 aliphatic carbocycles. The van der Waals surface area contributed by atoms with Gasteiger partial charge < -0.3 is 10.2 Å². The normalized spacial score (nSPS) is 27.1. The number of alkyl halides is 1. The van der Waals surface area contributed by atoms with Gasteiger partial charge in [0.2, 0.25) is 0 Å². The number of hydrogen-bond donors (Lipinski definition) is 2. The molecule has 1 saturated heterocycles. The van der Waals surface area contributed by atoms with Crippen molar-refractivity contribution in [1.29, 1.82) is 0 Å². The van der Waals surface area contributed by atoms with E-state index in [-0.39, 0.29) is 5.50 Å². The Morgan fingerprint density at radius 3 is 2.67 bits per heavy atom. The molecule has 2 aliphatic rings. The molecule has 1 aromatic heterocycles. The number of rotatable bonds is 1. The van der Waals surface area contributed by atoms with Crippen molar-refractivity contribution in [2.45, 2.75) is 18.3 Å². The quantitative estimate of drug-likeness (QED) is 0.455. The molecule has 0 radical (unpaired) electrons. The molecule has 9 heteroatoms. The second-order valence-corrected chi connectivity index (χ2v) is 5.73. The first-order chi connectivity index (χ1) is 9.99. The van der Waals surface area contributed by atoms with Gasteiger partial charge in [0.15, 0.2) is 0 Å². The summed E-state index contributed by atoms with van der Waals surface area (Å²) in [5.41, 5.74) is 2.10. The summed E-state index contributed by atoms with van der Waals surface area (Å²) in [6, 6.07) is 0. The number of fused-ring (bicyclic) bond motifs is 2. The van der Waals surface area contributed by atoms with Crippen LogP contribution in [-0.4, -0.2) is 54.4 Å². The van der Waals surface area contributed by atoms with E-state index in [0.717, 1.165) is 24.4 Å². The van der Waals surface area contributed by atoms with Crippen molar-refractivity contribution in [3.05, 3.63) is 18.0 Å². The fourth-order valence-electron chi connectivity index (χ4n) is 2.41. The summed E-state index contributed by atoms with van der Waals surface area (Å²) in [6.07, 6.45) is 6.65. The van der Waals surface area contributed by atoms with Crippen molar-refractivity contribution in [1.82, 2.24) is 13.6 Å². The Kier molecular flexibility index (Phi) is 5.27. The van der Waals surface area contributed by atoms with Gasteiger partial charge in [-0.2, -0.15) is 8.75 Å². The molecule has 3 atom stereocenters. The lowest BCUT2D eigenvalue weighted by molar-refractivity contribution is -0.159. The van der Waals surface area contributed by atoms with Gasteiger partial charge in [-0.3, -0.25) is 4.90 Å². The van der Waals surface area contributed by atoms with Crippen molar-refractivity contribution >= 4 is 40.8 Å². The minimum Gasteiger partial charge on any atom is -0.473 e. The van der Waals surface area contributed by atoms with E-state index >= 15 is 0 Å². The number of halogens is 1. The standard InChI is InChI=1S/C10H12ClN3S.C2H2O4/c11-10-8(9-5-12-15-13-9)4-7-2-1-3-14(10)6-7;3-1(4)2(5)6/h4-5,7,10H,1-3,6H2;(H,3,4)(H,5,6). The lowest BCUT2D eigenvalue weighted by atomic mass is 9.90. The molecule has 1 aromatic rings. The summed E-state index contributed by atoms with van der Waals surface area (Å²) in [5, 5.41) is 14.8. The molecule has 0 aromatic carbocycles. The maximum atomic E-state index is 9.10. The van der Waals surface area contributed by atoms with Gasteiger partial charge in [0.05, 0.1) is 17.9 Å². The summed E-state index contributed by atoms with van der Waals surface area (Å²) in [7, 11) is 0. The Morgan fingerprint density at radius 1 is 1.38 bits per heavy atom. The van der Waals surface area contributed by atoms with E-state index in [1.807, 2.05) is 6.20 Å². The van der Waals surface area contributed by atoms with Crippen LogP contribution in [0.2, 0.25) is 0 Å². The highest BCUT2D eigenvalue weighted by atomic mass is 35.5. The smallest absolute Gasteiger partial charge is 0.414 e. The summed E-state index contributed by atoms with van der Waals surface area (Å²) in [5.74, 6) is -2.99. The third-order valence-corrected chi connectivity index (χ3v) is 4.31. The average molecular weight is 332 g/mol. The Balaban J connectivity index is 0.000000232. The predicted molar refractivity (Wildman–Crippen MR) is 77.1 cm³/mol. The van der Waals surface area contributed by atoms with Crippen LogP contribution in [0.25, 0.3) is 5.57 Å². The van der Waals surface area contributed by atoms with Gasteiger partial charge in [-0.05, 0) is 25.3 Å². The third kappa shape index (κ3) is 3.99. The minimum absolute atomic E-state index is 0.00884. The maximum absolute atomic E-state index is 9.10. The van der Waals surface area contributed by atoms with Crippen LogP contribution in [0.3, 0.4) is 0 Å². The largest absolute Gasteiger partial charge is 0.473 e. The zero-order valence-electron chi connectivity index (χ0n) is 11.0. The van der Waals surface area contributed by atoms with Crippen LogP contribution in [-0.2, 0) is 9.59 Å². The molecule has 2 bridgehead atoms. The van der Waals surface area contributed by atoms with E-state index in [1.54, 1.807) is 0 Å². The van der Waals surface area contributed by atoms with Crippen molar-refractivity contribution < 1.29 is 19.8 Å². The number of aliphatic carboxylic acids is 2. The van der Waals surface area contributed by atoms with Crippen LogP contribution in [0.4, 0.5) is 0 Å². The average Bonchev–Trinajstić information content (AvgIpc) is 2.98. The van der Waals surface area contributed by atoms with Gasteiger partial charge in [0.1, 0.15) is 11.2 Å². The molecule has 2 aliphatic heterocycles. The Bertz CT molecular complexity index is 537. The molecule has 114 valence electrons. The number of aromatic nitrogens is 2. The molecule has 21 heavy (non-hydrogen) atoms. The molecular formula is C12H14ClN3O4S. The van der Waals surface area contributed by atoms with Crippen molar-refractivity contribution in [3.8, 4) is 0 Å². The fraction of sp³-hybridized carbons (Fsp3) is 0.500. The molecular weight excluding hydrogens is 318 g/mol. The van der Waals surface area contributed by atoms with Gasteiger partial charge in [0.25, 0.3) is 0 Å². The molecule has 3 unspecified atom stereocenters. The SMILES string of the molecule is ClC1C(c2cnsn2)=CC2CCCN1C2.O=C(O)C(=O)O. The topological polar surface area (TPSA) is 104 Å². The Morgan fingerprint density at radius 2 is 2.10 bits per heavy atom. The second kappa shape index (κ2) is 6.97. The van der Waals surface area contributed by atoms with E-state index in [4.69, 9.17) is 31.4 Å². The van der Waals surface area contributed by atoms with Gasteiger partial charge >= 0.3 is 11.9 Å². The molecule has 1 fully saturated rings. The summed E-state index contributed by atoms with van der Waals surface area (Å²) in [6.45, 7) is 2.22. The zero-order valence-corrected chi connectivity index (χ0v) is 12.5. The molecule has 7 nitrogen and oxygen atoms in total. The summed E-state index contributed by atoms with van der Waals surface area (Å²) >= 11 is 7.68.